The van der Waals surface area contributed by atoms with Gasteiger partial charge in [-0.05, 0) is 36.3 Å². The molecule has 0 bridgehead atoms. The lowest BCUT2D eigenvalue weighted by atomic mass is 10.1. The normalized spacial score (nSPS) is 15.8. The van der Waals surface area contributed by atoms with Gasteiger partial charge in [0.15, 0.2) is 0 Å². The van der Waals surface area contributed by atoms with Gasteiger partial charge in [-0.2, -0.15) is 5.21 Å². The third-order valence-corrected chi connectivity index (χ3v) is 3.53. The molecule has 6 heteroatoms. The maximum absolute atomic E-state index is 5.80. The molecule has 0 radical (unpaired) electrons. The standard InChI is InChI=1S/C15H19N5O/c1-12-4-2-6-14(10-12)21-9-8-20-7-3-5-13(11-20)15-16-18-19-17-15/h2,4-6,10H,3,7-9,11H2,1H3,(H,16,17,18,19). The summed E-state index contributed by atoms with van der Waals surface area (Å²) < 4.78 is 5.80. The lowest BCUT2D eigenvalue weighted by Crippen LogP contribution is -2.33. The predicted octanol–water partition coefficient (Wildman–Crippen LogP) is 1.68. The molecule has 2 heterocycles. The molecule has 1 aliphatic heterocycles. The van der Waals surface area contributed by atoms with E-state index in [9.17, 15) is 0 Å². The van der Waals surface area contributed by atoms with Crippen LogP contribution in [0, 0.1) is 6.92 Å². The van der Waals surface area contributed by atoms with E-state index in [4.69, 9.17) is 4.74 Å². The third-order valence-electron chi connectivity index (χ3n) is 3.53. The van der Waals surface area contributed by atoms with Gasteiger partial charge in [-0.1, -0.05) is 18.2 Å². The SMILES string of the molecule is Cc1cccc(OCCN2CCC=C(c3nn[nH]n3)C2)c1. The highest BCUT2D eigenvalue weighted by Gasteiger charge is 2.16. The van der Waals surface area contributed by atoms with Crippen molar-refractivity contribution in [2.75, 3.05) is 26.2 Å². The quantitative estimate of drug-likeness (QED) is 0.905. The lowest BCUT2D eigenvalue weighted by molar-refractivity contribution is 0.223. The van der Waals surface area contributed by atoms with Crippen LogP contribution in [-0.4, -0.2) is 51.8 Å². The van der Waals surface area contributed by atoms with Gasteiger partial charge in [-0.25, -0.2) is 0 Å². The van der Waals surface area contributed by atoms with E-state index in [2.05, 4.69) is 50.7 Å². The minimum Gasteiger partial charge on any atom is -0.492 e. The number of hydrogen-bond acceptors (Lipinski definition) is 5. The van der Waals surface area contributed by atoms with Crippen molar-refractivity contribution in [3.05, 3.63) is 41.7 Å². The zero-order chi connectivity index (χ0) is 14.5. The number of nitrogens with zero attached hydrogens (tertiary/aromatic N) is 4. The molecule has 1 aliphatic rings. The Bertz CT molecular complexity index is 608. The second kappa shape index (κ2) is 6.49. The van der Waals surface area contributed by atoms with Crippen molar-refractivity contribution in [3.63, 3.8) is 0 Å². The first-order valence-electron chi connectivity index (χ1n) is 7.16. The number of aromatic amines is 1. The van der Waals surface area contributed by atoms with Crippen LogP contribution in [-0.2, 0) is 0 Å². The van der Waals surface area contributed by atoms with Crippen molar-refractivity contribution in [2.24, 2.45) is 0 Å². The largest absolute Gasteiger partial charge is 0.492 e. The van der Waals surface area contributed by atoms with Crippen LogP contribution in [0.25, 0.3) is 5.57 Å². The van der Waals surface area contributed by atoms with E-state index in [1.165, 1.54) is 5.56 Å². The summed E-state index contributed by atoms with van der Waals surface area (Å²) in [6.07, 6.45) is 3.19. The van der Waals surface area contributed by atoms with Crippen LogP contribution in [0.3, 0.4) is 0 Å². The Morgan fingerprint density at radius 3 is 3.14 bits per heavy atom. The van der Waals surface area contributed by atoms with Crippen LogP contribution in [0.4, 0.5) is 0 Å². The number of aryl methyl sites for hydroxylation is 1. The average Bonchev–Trinajstić information content (AvgIpc) is 3.02. The molecule has 0 unspecified atom stereocenters. The maximum atomic E-state index is 5.80. The molecule has 0 atom stereocenters. The molecule has 21 heavy (non-hydrogen) atoms. The topological polar surface area (TPSA) is 66.9 Å². The van der Waals surface area contributed by atoms with Gasteiger partial charge in [0.25, 0.3) is 0 Å². The number of rotatable bonds is 5. The summed E-state index contributed by atoms with van der Waals surface area (Å²) >= 11 is 0. The molecule has 0 aliphatic carbocycles. The first kappa shape index (κ1) is 13.8. The Morgan fingerprint density at radius 2 is 2.33 bits per heavy atom. The fraction of sp³-hybridized carbons (Fsp3) is 0.400. The van der Waals surface area contributed by atoms with E-state index in [1.54, 1.807) is 0 Å². The van der Waals surface area contributed by atoms with Crippen molar-refractivity contribution in [3.8, 4) is 5.75 Å². The van der Waals surface area contributed by atoms with E-state index in [0.29, 0.717) is 12.4 Å². The number of nitrogens with one attached hydrogen (secondary N) is 1. The fourth-order valence-electron chi connectivity index (χ4n) is 2.45. The molecular formula is C15H19N5O. The molecule has 3 rings (SSSR count). The summed E-state index contributed by atoms with van der Waals surface area (Å²) in [7, 11) is 0. The molecule has 1 N–H and O–H groups in total. The van der Waals surface area contributed by atoms with E-state index < -0.39 is 0 Å². The Balaban J connectivity index is 1.49. The van der Waals surface area contributed by atoms with Crippen molar-refractivity contribution in [2.45, 2.75) is 13.3 Å². The molecule has 110 valence electrons. The highest BCUT2D eigenvalue weighted by molar-refractivity contribution is 5.61. The summed E-state index contributed by atoms with van der Waals surface area (Å²) in [6.45, 7) is 5.53. The summed E-state index contributed by atoms with van der Waals surface area (Å²) in [5, 5.41) is 14.2. The number of H-pyrrole nitrogens is 1. The van der Waals surface area contributed by atoms with Crippen molar-refractivity contribution < 1.29 is 4.74 Å². The summed E-state index contributed by atoms with van der Waals surface area (Å²) in [6, 6.07) is 8.14. The second-order valence-corrected chi connectivity index (χ2v) is 5.19. The number of hydrogen-bond donors (Lipinski definition) is 1. The van der Waals surface area contributed by atoms with Crippen LogP contribution in [0.2, 0.25) is 0 Å². The summed E-state index contributed by atoms with van der Waals surface area (Å²) in [5.41, 5.74) is 2.35. The van der Waals surface area contributed by atoms with Crippen LogP contribution in [0.5, 0.6) is 5.75 Å². The molecule has 0 spiro atoms. The minimum absolute atomic E-state index is 0.684. The van der Waals surface area contributed by atoms with Crippen molar-refractivity contribution in [1.29, 1.82) is 0 Å². The number of tetrazole rings is 1. The van der Waals surface area contributed by atoms with Gasteiger partial charge in [0.2, 0.25) is 5.82 Å². The lowest BCUT2D eigenvalue weighted by Gasteiger charge is -2.25. The van der Waals surface area contributed by atoms with Gasteiger partial charge < -0.3 is 4.74 Å². The van der Waals surface area contributed by atoms with Gasteiger partial charge in [0.05, 0.1) is 0 Å². The molecule has 0 saturated carbocycles. The van der Waals surface area contributed by atoms with Gasteiger partial charge in [-0.3, -0.25) is 4.90 Å². The van der Waals surface area contributed by atoms with Gasteiger partial charge >= 0.3 is 0 Å². The van der Waals surface area contributed by atoms with Crippen LogP contribution >= 0.6 is 0 Å². The fourth-order valence-corrected chi connectivity index (χ4v) is 2.45. The van der Waals surface area contributed by atoms with Gasteiger partial charge in [-0.15, -0.1) is 10.2 Å². The van der Waals surface area contributed by atoms with Gasteiger partial charge in [0.1, 0.15) is 12.4 Å². The zero-order valence-corrected chi connectivity index (χ0v) is 12.1. The molecular weight excluding hydrogens is 266 g/mol. The first-order valence-corrected chi connectivity index (χ1v) is 7.16. The van der Waals surface area contributed by atoms with E-state index in [1.807, 2.05) is 12.1 Å². The Labute approximate surface area is 123 Å². The predicted molar refractivity (Wildman–Crippen MR) is 79.9 cm³/mol. The van der Waals surface area contributed by atoms with Gasteiger partial charge in [0, 0.05) is 25.2 Å². The maximum Gasteiger partial charge on any atom is 0.201 e. The molecule has 1 aromatic carbocycles. The Kier molecular flexibility index (Phi) is 4.25. The first-order chi connectivity index (χ1) is 10.3. The number of ether oxygens (including phenoxy) is 1. The summed E-state index contributed by atoms with van der Waals surface area (Å²) in [5.74, 6) is 1.63. The van der Waals surface area contributed by atoms with Crippen LogP contribution < -0.4 is 4.74 Å². The minimum atomic E-state index is 0.684. The molecule has 0 amide bonds. The highest BCUT2D eigenvalue weighted by atomic mass is 16.5. The van der Waals surface area contributed by atoms with Crippen molar-refractivity contribution >= 4 is 5.57 Å². The van der Waals surface area contributed by atoms with E-state index >= 15 is 0 Å². The zero-order valence-electron chi connectivity index (χ0n) is 12.1. The number of benzene rings is 1. The van der Waals surface area contributed by atoms with E-state index in [0.717, 1.165) is 37.4 Å². The monoisotopic (exact) mass is 285 g/mol. The Hall–Kier alpha value is -2.21. The summed E-state index contributed by atoms with van der Waals surface area (Å²) in [4.78, 5) is 2.35. The Morgan fingerprint density at radius 1 is 1.38 bits per heavy atom. The van der Waals surface area contributed by atoms with Crippen LogP contribution in [0.1, 0.15) is 17.8 Å². The molecule has 0 fully saturated rings. The van der Waals surface area contributed by atoms with Crippen LogP contribution in [0.15, 0.2) is 30.3 Å². The average molecular weight is 285 g/mol. The molecule has 2 aromatic rings. The number of aromatic nitrogens is 4. The second-order valence-electron chi connectivity index (χ2n) is 5.19. The highest BCUT2D eigenvalue weighted by Crippen LogP contribution is 2.17. The smallest absolute Gasteiger partial charge is 0.201 e. The molecule has 0 saturated heterocycles. The molecule has 1 aromatic heterocycles. The molecule has 6 nitrogen and oxygen atoms in total. The third kappa shape index (κ3) is 3.66. The van der Waals surface area contributed by atoms with Crippen molar-refractivity contribution in [1.82, 2.24) is 25.5 Å². The van der Waals surface area contributed by atoms with E-state index in [-0.39, 0.29) is 0 Å².